The fourth-order valence-corrected chi connectivity index (χ4v) is 5.49. The molecule has 0 aliphatic rings. The van der Waals surface area contributed by atoms with E-state index in [2.05, 4.69) is 50.5 Å². The average Bonchev–Trinajstić information content (AvgIpc) is 3.10. The predicted octanol–water partition coefficient (Wildman–Crippen LogP) is 4.71. The minimum absolute atomic E-state index is 0.0265. The van der Waals surface area contributed by atoms with E-state index >= 15 is 0 Å². The first kappa shape index (κ1) is 42.6. The highest BCUT2D eigenvalue weighted by Gasteiger charge is 2.29. The Morgan fingerprint density at radius 1 is 0.725 bits per heavy atom. The number of nitrogens with two attached hydrogens (primary N) is 2. The van der Waals surface area contributed by atoms with Crippen molar-refractivity contribution in [1.29, 1.82) is 0 Å². The summed E-state index contributed by atoms with van der Waals surface area (Å²) >= 11 is 0. The number of nitrogens with one attached hydrogen (secondary N) is 4. The van der Waals surface area contributed by atoms with Crippen molar-refractivity contribution >= 4 is 29.8 Å². The van der Waals surface area contributed by atoms with Crippen LogP contribution < -0.4 is 32.7 Å². The Morgan fingerprint density at radius 3 is 1.96 bits per heavy atom. The normalized spacial score (nSPS) is 12.7. The Hall–Kier alpha value is -4.61. The van der Waals surface area contributed by atoms with Crippen molar-refractivity contribution < 1.29 is 23.9 Å². The van der Waals surface area contributed by atoms with Crippen LogP contribution >= 0.6 is 0 Å². The van der Waals surface area contributed by atoms with E-state index in [-0.39, 0.29) is 61.8 Å². The zero-order chi connectivity index (χ0) is 37.4. The lowest BCUT2D eigenvalue weighted by atomic mass is 9.99. The van der Waals surface area contributed by atoms with Gasteiger partial charge in [0.1, 0.15) is 18.7 Å². The molecule has 51 heavy (non-hydrogen) atoms. The van der Waals surface area contributed by atoms with E-state index < -0.39 is 24.1 Å². The number of amides is 4. The molecule has 0 radical (unpaired) electrons. The van der Waals surface area contributed by atoms with Gasteiger partial charge in [-0.3, -0.25) is 19.4 Å². The largest absolute Gasteiger partial charge is 0.445 e. The standard InChI is InChI=1S/C39H61N7O5/c1-28(2)25-33(44-36(48)32(22-16-24-42-38(40)41)46-39(50)51-27-31-20-13-9-14-21-31)37(49)45-34(29(3)4)26-43-35(47)23-15-7-5-6-10-17-30-18-11-8-12-19-30/h8-9,11-14,18-21,28-29,32-34H,5-7,10,15-17,22-27H2,1-4H3,(H,43,47)(H,44,48)(H,45,49)(H,46,50)(H4,40,41,42)/t32-,33-,34+/m0/s1. The van der Waals surface area contributed by atoms with Gasteiger partial charge in [0.05, 0.1) is 0 Å². The van der Waals surface area contributed by atoms with Crippen molar-refractivity contribution in [3.05, 3.63) is 71.8 Å². The minimum Gasteiger partial charge on any atom is -0.445 e. The summed E-state index contributed by atoms with van der Waals surface area (Å²) in [5.74, 6) is -0.877. The van der Waals surface area contributed by atoms with E-state index in [9.17, 15) is 19.2 Å². The van der Waals surface area contributed by atoms with Gasteiger partial charge in [0.2, 0.25) is 17.7 Å². The fraction of sp³-hybridized carbons (Fsp3) is 0.564. The van der Waals surface area contributed by atoms with Crippen LogP contribution in [0, 0.1) is 11.8 Å². The van der Waals surface area contributed by atoms with Crippen LogP contribution in [0.25, 0.3) is 0 Å². The second-order valence-electron chi connectivity index (χ2n) is 13.8. The van der Waals surface area contributed by atoms with Gasteiger partial charge in [-0.2, -0.15) is 0 Å². The van der Waals surface area contributed by atoms with Gasteiger partial charge in [0, 0.05) is 25.6 Å². The molecule has 12 heteroatoms. The number of aryl methyl sites for hydroxylation is 1. The van der Waals surface area contributed by atoms with Crippen molar-refractivity contribution in [3.63, 3.8) is 0 Å². The highest BCUT2D eigenvalue weighted by molar-refractivity contribution is 5.91. The van der Waals surface area contributed by atoms with Crippen molar-refractivity contribution in [3.8, 4) is 0 Å². The molecule has 0 bridgehead atoms. The van der Waals surface area contributed by atoms with Crippen LogP contribution in [0.15, 0.2) is 65.7 Å². The van der Waals surface area contributed by atoms with Crippen molar-refractivity contribution in [2.45, 2.75) is 117 Å². The molecule has 0 aromatic heterocycles. The number of ether oxygens (including phenoxy) is 1. The van der Waals surface area contributed by atoms with Gasteiger partial charge < -0.3 is 37.5 Å². The lowest BCUT2D eigenvalue weighted by molar-refractivity contribution is -0.131. The number of carbonyl (C=O) groups excluding carboxylic acids is 4. The van der Waals surface area contributed by atoms with E-state index in [4.69, 9.17) is 16.2 Å². The molecule has 0 heterocycles. The molecular formula is C39H61N7O5. The van der Waals surface area contributed by atoms with Crippen LogP contribution in [0.2, 0.25) is 0 Å². The smallest absolute Gasteiger partial charge is 0.408 e. The summed E-state index contributed by atoms with van der Waals surface area (Å²) in [6.45, 7) is 8.45. The van der Waals surface area contributed by atoms with E-state index in [0.717, 1.165) is 44.1 Å². The van der Waals surface area contributed by atoms with E-state index in [1.807, 2.05) is 64.1 Å². The number of alkyl carbamates (subject to hydrolysis) is 1. The Balaban J connectivity index is 1.90. The number of rotatable bonds is 24. The SMILES string of the molecule is CC(C)C[C@H](NC(=O)[C@H](CCCN=C(N)N)NC(=O)OCc1ccccc1)C(=O)N[C@H](CNC(=O)CCCCCCCc1ccccc1)C(C)C. The van der Waals surface area contributed by atoms with Gasteiger partial charge in [0.15, 0.2) is 5.96 Å². The molecule has 0 aliphatic heterocycles. The second-order valence-corrected chi connectivity index (χ2v) is 13.8. The van der Waals surface area contributed by atoms with Gasteiger partial charge in [-0.05, 0) is 61.5 Å². The summed E-state index contributed by atoms with van der Waals surface area (Å²) in [6, 6.07) is 17.5. The molecule has 282 valence electrons. The molecular weight excluding hydrogens is 646 g/mol. The molecule has 2 aromatic rings. The third-order valence-corrected chi connectivity index (χ3v) is 8.47. The number of aliphatic imine (C=N–C) groups is 1. The lowest BCUT2D eigenvalue weighted by Gasteiger charge is -2.28. The molecule has 4 amide bonds. The zero-order valence-electron chi connectivity index (χ0n) is 31.0. The van der Waals surface area contributed by atoms with Gasteiger partial charge >= 0.3 is 6.09 Å². The summed E-state index contributed by atoms with van der Waals surface area (Å²) in [7, 11) is 0. The number of hydrogen-bond acceptors (Lipinski definition) is 6. The Kier molecular flexibility index (Phi) is 20.5. The first-order valence-corrected chi connectivity index (χ1v) is 18.4. The summed E-state index contributed by atoms with van der Waals surface area (Å²) < 4.78 is 5.35. The van der Waals surface area contributed by atoms with Crippen LogP contribution in [0.1, 0.15) is 96.6 Å². The van der Waals surface area contributed by atoms with Crippen molar-refractivity contribution in [1.82, 2.24) is 21.3 Å². The number of unbranched alkanes of at least 4 members (excludes halogenated alkanes) is 4. The molecule has 12 nitrogen and oxygen atoms in total. The Labute approximate surface area is 304 Å². The van der Waals surface area contributed by atoms with Crippen LogP contribution in [0.4, 0.5) is 4.79 Å². The first-order chi connectivity index (χ1) is 24.4. The monoisotopic (exact) mass is 707 g/mol. The number of guanidine groups is 1. The second kappa shape index (κ2) is 24.5. The number of benzene rings is 2. The molecule has 0 saturated heterocycles. The summed E-state index contributed by atoms with van der Waals surface area (Å²) in [6.07, 6.45) is 6.94. The van der Waals surface area contributed by atoms with Gasteiger partial charge in [0.25, 0.3) is 0 Å². The van der Waals surface area contributed by atoms with E-state index in [0.29, 0.717) is 19.3 Å². The van der Waals surface area contributed by atoms with Crippen LogP contribution in [-0.2, 0) is 32.1 Å². The Morgan fingerprint density at radius 2 is 1.33 bits per heavy atom. The van der Waals surface area contributed by atoms with Gasteiger partial charge in [-0.1, -0.05) is 108 Å². The maximum atomic E-state index is 13.6. The predicted molar refractivity (Wildman–Crippen MR) is 202 cm³/mol. The first-order valence-electron chi connectivity index (χ1n) is 18.4. The quantitative estimate of drug-likeness (QED) is 0.0518. The van der Waals surface area contributed by atoms with Crippen molar-refractivity contribution in [2.24, 2.45) is 28.3 Å². The molecule has 0 aliphatic carbocycles. The molecule has 3 atom stereocenters. The molecule has 0 spiro atoms. The third-order valence-electron chi connectivity index (χ3n) is 8.47. The lowest BCUT2D eigenvalue weighted by Crippen LogP contribution is -2.57. The highest BCUT2D eigenvalue weighted by atomic mass is 16.5. The maximum absolute atomic E-state index is 13.6. The molecule has 0 saturated carbocycles. The van der Waals surface area contributed by atoms with Gasteiger partial charge in [-0.15, -0.1) is 0 Å². The van der Waals surface area contributed by atoms with Gasteiger partial charge in [-0.25, -0.2) is 4.79 Å². The molecule has 0 unspecified atom stereocenters. The highest BCUT2D eigenvalue weighted by Crippen LogP contribution is 2.12. The topological polar surface area (TPSA) is 190 Å². The van der Waals surface area contributed by atoms with Crippen LogP contribution in [0.3, 0.4) is 0 Å². The molecule has 2 aromatic carbocycles. The van der Waals surface area contributed by atoms with E-state index in [1.54, 1.807) is 0 Å². The maximum Gasteiger partial charge on any atom is 0.408 e. The third kappa shape index (κ3) is 19.4. The fourth-order valence-electron chi connectivity index (χ4n) is 5.49. The number of hydrogen-bond donors (Lipinski definition) is 6. The molecule has 2 rings (SSSR count). The summed E-state index contributed by atoms with van der Waals surface area (Å²) in [5, 5.41) is 11.5. The minimum atomic E-state index is -0.992. The number of nitrogens with zero attached hydrogens (tertiary/aromatic N) is 1. The molecule has 0 fully saturated rings. The summed E-state index contributed by atoms with van der Waals surface area (Å²) in [5.41, 5.74) is 13.0. The van der Waals surface area contributed by atoms with Crippen molar-refractivity contribution in [2.75, 3.05) is 13.1 Å². The Bertz CT molecular complexity index is 1330. The van der Waals surface area contributed by atoms with Crippen LogP contribution in [-0.4, -0.2) is 61.0 Å². The van der Waals surface area contributed by atoms with Crippen LogP contribution in [0.5, 0.6) is 0 Å². The summed E-state index contributed by atoms with van der Waals surface area (Å²) in [4.78, 5) is 56.5. The average molecular weight is 708 g/mol. The number of carbonyl (C=O) groups is 4. The zero-order valence-corrected chi connectivity index (χ0v) is 31.0. The molecule has 8 N–H and O–H groups in total. The van der Waals surface area contributed by atoms with E-state index in [1.165, 1.54) is 5.56 Å².